The van der Waals surface area contributed by atoms with Gasteiger partial charge in [0.1, 0.15) is 18.3 Å². The highest BCUT2D eigenvalue weighted by atomic mass is 16.6. The predicted octanol–water partition coefficient (Wildman–Crippen LogP) is 1.70. The predicted molar refractivity (Wildman–Crippen MR) is 72.2 cm³/mol. The third-order valence-electron chi connectivity index (χ3n) is 3.04. The van der Waals surface area contributed by atoms with E-state index in [0.29, 0.717) is 13.2 Å². The van der Waals surface area contributed by atoms with Gasteiger partial charge in [-0.05, 0) is 20.8 Å². The summed E-state index contributed by atoms with van der Waals surface area (Å²) in [5.41, 5.74) is 0. The van der Waals surface area contributed by atoms with E-state index in [9.17, 15) is 0 Å². The molecular formula is C13H26BO4. The largest absolute Gasteiger partial charge is 0.377 e. The van der Waals surface area contributed by atoms with Gasteiger partial charge in [-0.1, -0.05) is 13.2 Å². The molecule has 1 aliphatic heterocycles. The fourth-order valence-electron chi connectivity index (χ4n) is 2.26. The van der Waals surface area contributed by atoms with Gasteiger partial charge in [0.2, 0.25) is 0 Å². The minimum Gasteiger partial charge on any atom is -0.377 e. The van der Waals surface area contributed by atoms with Gasteiger partial charge in [0, 0.05) is 13.7 Å². The number of ether oxygens (including phenoxy) is 4. The third-order valence-corrected chi connectivity index (χ3v) is 3.04. The molecule has 1 rings (SSSR count). The molecule has 1 radical (unpaired) electrons. The average molecular weight is 257 g/mol. The summed E-state index contributed by atoms with van der Waals surface area (Å²) < 4.78 is 23.0. The molecule has 18 heavy (non-hydrogen) atoms. The van der Waals surface area contributed by atoms with Crippen LogP contribution in [0.4, 0.5) is 0 Å². The Bertz CT molecular complexity index is 225. The quantitative estimate of drug-likeness (QED) is 0.620. The highest BCUT2D eigenvalue weighted by Crippen LogP contribution is 2.26. The van der Waals surface area contributed by atoms with Crippen molar-refractivity contribution >= 4 is 7.28 Å². The van der Waals surface area contributed by atoms with Crippen LogP contribution < -0.4 is 0 Å². The van der Waals surface area contributed by atoms with Gasteiger partial charge in [0.25, 0.3) is 0 Å². The molecule has 1 unspecified atom stereocenters. The normalized spacial score (nSPS) is 32.1. The summed E-state index contributed by atoms with van der Waals surface area (Å²) in [5, 5.41) is 0. The summed E-state index contributed by atoms with van der Waals surface area (Å²) in [6, 6.07) is -0.00249. The van der Waals surface area contributed by atoms with E-state index in [1.54, 1.807) is 7.11 Å². The minimum atomic E-state index is -0.0508. The molecule has 0 aliphatic carbocycles. The lowest BCUT2D eigenvalue weighted by Crippen LogP contribution is -2.40. The second kappa shape index (κ2) is 8.15. The zero-order valence-corrected chi connectivity index (χ0v) is 12.2. The van der Waals surface area contributed by atoms with Crippen LogP contribution in [0.3, 0.4) is 0 Å². The fourth-order valence-corrected chi connectivity index (χ4v) is 2.26. The first-order valence-corrected chi connectivity index (χ1v) is 6.88. The Kier molecular flexibility index (Phi) is 7.23. The summed E-state index contributed by atoms with van der Waals surface area (Å²) in [5.74, 6) is 0. The molecule has 0 saturated carbocycles. The van der Waals surface area contributed by atoms with E-state index in [1.807, 2.05) is 20.8 Å². The van der Waals surface area contributed by atoms with Crippen molar-refractivity contribution in [1.29, 1.82) is 0 Å². The highest BCUT2D eigenvalue weighted by molar-refractivity contribution is 6.37. The topological polar surface area (TPSA) is 36.9 Å². The van der Waals surface area contributed by atoms with Gasteiger partial charge in [-0.15, -0.1) is 0 Å². The number of methoxy groups -OCH3 is 1. The molecule has 1 heterocycles. The molecule has 0 spiro atoms. The van der Waals surface area contributed by atoms with Gasteiger partial charge < -0.3 is 18.9 Å². The molecule has 5 heteroatoms. The van der Waals surface area contributed by atoms with Crippen molar-refractivity contribution in [3.8, 4) is 0 Å². The molecule has 1 fully saturated rings. The van der Waals surface area contributed by atoms with Gasteiger partial charge >= 0.3 is 0 Å². The second-order valence-corrected chi connectivity index (χ2v) is 4.79. The van der Waals surface area contributed by atoms with Gasteiger partial charge in [0.05, 0.1) is 18.7 Å². The first kappa shape index (κ1) is 16.0. The lowest BCUT2D eigenvalue weighted by Gasteiger charge is -2.23. The van der Waals surface area contributed by atoms with Crippen LogP contribution in [0.5, 0.6) is 0 Å². The van der Waals surface area contributed by atoms with Crippen LogP contribution in [-0.2, 0) is 18.9 Å². The number of hydrogen-bond acceptors (Lipinski definition) is 4. The van der Waals surface area contributed by atoms with Crippen molar-refractivity contribution in [3.63, 3.8) is 0 Å². The van der Waals surface area contributed by atoms with Crippen LogP contribution in [-0.4, -0.2) is 58.0 Å². The van der Waals surface area contributed by atoms with Gasteiger partial charge in [0.15, 0.2) is 7.28 Å². The molecule has 0 bridgehead atoms. The maximum atomic E-state index is 5.99. The van der Waals surface area contributed by atoms with Crippen LogP contribution >= 0.6 is 0 Å². The van der Waals surface area contributed by atoms with Gasteiger partial charge in [-0.3, -0.25) is 0 Å². The molecule has 0 aromatic rings. The van der Waals surface area contributed by atoms with E-state index in [4.69, 9.17) is 18.9 Å². The van der Waals surface area contributed by atoms with Crippen LogP contribution in [0.15, 0.2) is 0 Å². The maximum Gasteiger partial charge on any atom is 0.152 e. The Balaban J connectivity index is 2.62. The number of rotatable bonds is 8. The summed E-state index contributed by atoms with van der Waals surface area (Å²) in [6.07, 6.45) is 1.02. The fraction of sp³-hybridized carbons (Fsp3) is 1.00. The van der Waals surface area contributed by atoms with Gasteiger partial charge in [-0.2, -0.15) is 0 Å². The SMILES string of the molecule is CC[B][C@@H]1O[C@H](COC(C)C)C(OCC)[C@@H]1OC. The summed E-state index contributed by atoms with van der Waals surface area (Å²) in [7, 11) is 3.85. The monoisotopic (exact) mass is 257 g/mol. The van der Waals surface area contributed by atoms with Gasteiger partial charge in [-0.25, -0.2) is 0 Å². The summed E-state index contributed by atoms with van der Waals surface area (Å²) >= 11 is 0. The van der Waals surface area contributed by atoms with Crippen molar-refractivity contribution < 1.29 is 18.9 Å². The highest BCUT2D eigenvalue weighted by Gasteiger charge is 2.45. The second-order valence-electron chi connectivity index (χ2n) is 4.79. The minimum absolute atomic E-state index is 0.00249. The first-order valence-electron chi connectivity index (χ1n) is 6.88. The van der Waals surface area contributed by atoms with Crippen LogP contribution in [0.1, 0.15) is 27.7 Å². The standard InChI is InChI=1S/C13H26BO4/c1-6-14-13-12(15-5)11(16-7-2)10(18-13)8-17-9(3)4/h9-13H,6-8H2,1-5H3/t10-,11?,12+,13-/m1/s1. The molecule has 4 atom stereocenters. The summed E-state index contributed by atoms with van der Waals surface area (Å²) in [4.78, 5) is 0. The molecular weight excluding hydrogens is 231 g/mol. The Morgan fingerprint density at radius 1 is 1.22 bits per heavy atom. The molecule has 1 saturated heterocycles. The van der Waals surface area contributed by atoms with Crippen molar-refractivity contribution in [2.24, 2.45) is 0 Å². The van der Waals surface area contributed by atoms with Crippen LogP contribution in [0.2, 0.25) is 6.32 Å². The van der Waals surface area contributed by atoms with E-state index < -0.39 is 0 Å². The van der Waals surface area contributed by atoms with Crippen molar-refractivity contribution in [2.75, 3.05) is 20.3 Å². The Morgan fingerprint density at radius 2 is 1.94 bits per heavy atom. The van der Waals surface area contributed by atoms with Crippen LogP contribution in [0.25, 0.3) is 0 Å². The lowest BCUT2D eigenvalue weighted by molar-refractivity contribution is -0.0765. The Hall–Kier alpha value is -0.0951. The van der Waals surface area contributed by atoms with Crippen molar-refractivity contribution in [1.82, 2.24) is 0 Å². The van der Waals surface area contributed by atoms with E-state index in [1.165, 1.54) is 0 Å². The van der Waals surface area contributed by atoms with Crippen LogP contribution in [0, 0.1) is 0 Å². The van der Waals surface area contributed by atoms with E-state index in [0.717, 1.165) is 6.32 Å². The Labute approximate surface area is 112 Å². The molecule has 4 nitrogen and oxygen atoms in total. The average Bonchev–Trinajstić information content (AvgIpc) is 2.65. The zero-order chi connectivity index (χ0) is 13.5. The summed E-state index contributed by atoms with van der Waals surface area (Å²) in [6.45, 7) is 9.34. The first-order chi connectivity index (χ1) is 8.63. The molecule has 0 N–H and O–H groups in total. The van der Waals surface area contributed by atoms with Crippen molar-refractivity contribution in [3.05, 3.63) is 0 Å². The lowest BCUT2D eigenvalue weighted by atomic mass is 9.67. The van der Waals surface area contributed by atoms with E-state index >= 15 is 0 Å². The van der Waals surface area contributed by atoms with E-state index in [-0.39, 0.29) is 30.4 Å². The van der Waals surface area contributed by atoms with Crippen molar-refractivity contribution in [2.45, 2.75) is 64.4 Å². The number of hydrogen-bond donors (Lipinski definition) is 0. The molecule has 105 valence electrons. The van der Waals surface area contributed by atoms with E-state index in [2.05, 4.69) is 14.2 Å². The molecule has 1 aliphatic rings. The molecule has 0 amide bonds. The smallest absolute Gasteiger partial charge is 0.152 e. The zero-order valence-electron chi connectivity index (χ0n) is 12.2. The molecule has 0 aromatic heterocycles. The Morgan fingerprint density at radius 3 is 2.44 bits per heavy atom. The third kappa shape index (κ3) is 4.23. The maximum absolute atomic E-state index is 5.99. The molecule has 0 aromatic carbocycles.